The molecule has 3 N–H and O–H groups in total. The Bertz CT molecular complexity index is 373. The summed E-state index contributed by atoms with van der Waals surface area (Å²) in [6.45, 7) is 0. The van der Waals surface area contributed by atoms with Crippen molar-refractivity contribution in [2.45, 2.75) is 82.8 Å². The number of carbonyl (C=O) groups is 2. The Balaban J connectivity index is 1.95. The first-order valence-electron chi connectivity index (χ1n) is 8.76. The number of ketones is 1. The minimum atomic E-state index is -1.22. The summed E-state index contributed by atoms with van der Waals surface area (Å²) in [5, 5.41) is 10.4. The molecule has 0 aliphatic heterocycles. The molecule has 5 heteroatoms. The van der Waals surface area contributed by atoms with Gasteiger partial charge in [0.15, 0.2) is 5.78 Å². The summed E-state index contributed by atoms with van der Waals surface area (Å²) in [7, 11) is 0. The van der Waals surface area contributed by atoms with Crippen LogP contribution in [-0.4, -0.2) is 29.2 Å². The zero-order valence-corrected chi connectivity index (χ0v) is 13.3. The average molecular weight is 311 g/mol. The highest BCUT2D eigenvalue weighted by Gasteiger charge is 2.35. The number of rotatable bonds is 6. The van der Waals surface area contributed by atoms with E-state index < -0.39 is 18.3 Å². The lowest BCUT2D eigenvalue weighted by Gasteiger charge is -2.30. The van der Waals surface area contributed by atoms with Crippen LogP contribution in [0.2, 0.25) is 0 Å². The number of aliphatic hydroxyl groups excluding tert-OH is 1. The fourth-order valence-corrected chi connectivity index (χ4v) is 3.95. The van der Waals surface area contributed by atoms with Crippen LogP contribution in [0.15, 0.2) is 0 Å². The summed E-state index contributed by atoms with van der Waals surface area (Å²) in [4.78, 5) is 23.6. The van der Waals surface area contributed by atoms with Gasteiger partial charge in [0, 0.05) is 5.92 Å². The fourth-order valence-electron chi connectivity index (χ4n) is 3.95. The Morgan fingerprint density at radius 1 is 1.00 bits per heavy atom. The lowest BCUT2D eigenvalue weighted by atomic mass is 9.80. The van der Waals surface area contributed by atoms with Crippen LogP contribution in [0.3, 0.4) is 0 Å². The molecule has 0 heterocycles. The summed E-state index contributed by atoms with van der Waals surface area (Å²) in [5.74, 6) is 0.155. The molecule has 0 aromatic carbocycles. The van der Waals surface area contributed by atoms with Crippen molar-refractivity contribution in [1.82, 2.24) is 0 Å². The number of amides is 1. The van der Waals surface area contributed by atoms with E-state index in [0.29, 0.717) is 12.3 Å². The quantitative estimate of drug-likeness (QED) is 0.789. The first kappa shape index (κ1) is 17.3. The summed E-state index contributed by atoms with van der Waals surface area (Å²) in [6.07, 6.45) is 8.25. The molecular formula is C17H29NO4. The average Bonchev–Trinajstić information content (AvgIpc) is 2.54. The van der Waals surface area contributed by atoms with Crippen molar-refractivity contribution in [2.24, 2.45) is 17.6 Å². The molecule has 0 saturated heterocycles. The van der Waals surface area contributed by atoms with Gasteiger partial charge < -0.3 is 15.6 Å². The van der Waals surface area contributed by atoms with Crippen molar-refractivity contribution >= 4 is 11.9 Å². The van der Waals surface area contributed by atoms with Gasteiger partial charge in [-0.05, 0) is 25.2 Å². The number of carbonyl (C=O) groups excluding carboxylic acids is 2. The molecule has 0 spiro atoms. The molecule has 0 aromatic heterocycles. The van der Waals surface area contributed by atoms with Gasteiger partial charge in [-0.3, -0.25) is 4.79 Å². The Morgan fingerprint density at radius 3 is 2.09 bits per heavy atom. The van der Waals surface area contributed by atoms with Crippen LogP contribution in [0.5, 0.6) is 0 Å². The van der Waals surface area contributed by atoms with Gasteiger partial charge >= 0.3 is 6.09 Å². The summed E-state index contributed by atoms with van der Waals surface area (Å²) < 4.78 is 5.09. The van der Waals surface area contributed by atoms with Crippen molar-refractivity contribution in [3.05, 3.63) is 0 Å². The molecule has 1 amide bonds. The minimum absolute atomic E-state index is 0.0888. The SMILES string of the molecule is NC(=O)O[C@@H](CC1CCCCC1)[C@@H](O)C(=O)C1CCCCC1. The van der Waals surface area contributed by atoms with Crippen LogP contribution in [0.4, 0.5) is 4.79 Å². The molecule has 126 valence electrons. The zero-order chi connectivity index (χ0) is 15.9. The molecule has 0 bridgehead atoms. The van der Waals surface area contributed by atoms with E-state index in [0.717, 1.165) is 44.9 Å². The van der Waals surface area contributed by atoms with Crippen LogP contribution < -0.4 is 5.73 Å². The number of aliphatic hydroxyl groups is 1. The normalized spacial score (nSPS) is 23.7. The standard InChI is InChI=1S/C17H29NO4/c18-17(21)22-14(11-12-7-3-1-4-8-12)16(20)15(19)13-9-5-2-6-10-13/h12-14,16,20H,1-11H2,(H2,18,21)/t14-,16+/m0/s1. The number of primary amides is 1. The molecule has 2 aliphatic rings. The van der Waals surface area contributed by atoms with Crippen molar-refractivity contribution in [2.75, 3.05) is 0 Å². The topological polar surface area (TPSA) is 89.6 Å². The van der Waals surface area contributed by atoms with Gasteiger partial charge in [-0.1, -0.05) is 51.4 Å². The molecule has 0 unspecified atom stereocenters. The predicted molar refractivity (Wildman–Crippen MR) is 83.2 cm³/mol. The second-order valence-corrected chi connectivity index (χ2v) is 6.90. The van der Waals surface area contributed by atoms with E-state index >= 15 is 0 Å². The molecule has 2 rings (SSSR count). The predicted octanol–water partition coefficient (Wildman–Crippen LogP) is 2.93. The van der Waals surface area contributed by atoms with E-state index in [2.05, 4.69) is 0 Å². The third-order valence-electron chi connectivity index (χ3n) is 5.21. The fraction of sp³-hybridized carbons (Fsp3) is 0.882. The van der Waals surface area contributed by atoms with Crippen molar-refractivity contribution in [3.63, 3.8) is 0 Å². The number of ether oxygens (including phenoxy) is 1. The molecule has 2 aliphatic carbocycles. The molecule has 2 saturated carbocycles. The zero-order valence-electron chi connectivity index (χ0n) is 13.3. The highest BCUT2D eigenvalue weighted by Crippen LogP contribution is 2.31. The van der Waals surface area contributed by atoms with E-state index in [9.17, 15) is 14.7 Å². The maximum absolute atomic E-state index is 12.5. The van der Waals surface area contributed by atoms with E-state index in [1.807, 2.05) is 0 Å². The monoisotopic (exact) mass is 311 g/mol. The summed E-state index contributed by atoms with van der Waals surface area (Å²) in [6, 6.07) is 0. The Labute approximate surface area is 132 Å². The second kappa shape index (κ2) is 8.51. The number of Topliss-reactive ketones (excluding diaryl/α,β-unsaturated/α-hetero) is 1. The molecule has 22 heavy (non-hydrogen) atoms. The van der Waals surface area contributed by atoms with Crippen LogP contribution in [0.1, 0.15) is 70.6 Å². The van der Waals surface area contributed by atoms with Gasteiger partial charge in [0.05, 0.1) is 0 Å². The van der Waals surface area contributed by atoms with Crippen LogP contribution in [-0.2, 0) is 9.53 Å². The van der Waals surface area contributed by atoms with Crippen molar-refractivity contribution in [1.29, 1.82) is 0 Å². The maximum atomic E-state index is 12.5. The molecular weight excluding hydrogens is 282 g/mol. The molecule has 5 nitrogen and oxygen atoms in total. The van der Waals surface area contributed by atoms with Crippen LogP contribution in [0.25, 0.3) is 0 Å². The number of hydrogen-bond acceptors (Lipinski definition) is 4. The Hall–Kier alpha value is -1.10. The van der Waals surface area contributed by atoms with Crippen molar-refractivity contribution < 1.29 is 19.4 Å². The smallest absolute Gasteiger partial charge is 0.404 e. The Kier molecular flexibility index (Phi) is 6.68. The van der Waals surface area contributed by atoms with Gasteiger partial charge in [-0.25, -0.2) is 4.79 Å². The highest BCUT2D eigenvalue weighted by atomic mass is 16.6. The van der Waals surface area contributed by atoms with Gasteiger partial charge in [0.25, 0.3) is 0 Å². The molecule has 0 aromatic rings. The summed E-state index contributed by atoms with van der Waals surface area (Å²) in [5.41, 5.74) is 5.13. The highest BCUT2D eigenvalue weighted by molar-refractivity contribution is 5.86. The first-order chi connectivity index (χ1) is 10.6. The minimum Gasteiger partial charge on any atom is -0.443 e. The second-order valence-electron chi connectivity index (χ2n) is 6.90. The lowest BCUT2D eigenvalue weighted by Crippen LogP contribution is -2.43. The van der Waals surface area contributed by atoms with Gasteiger partial charge in [-0.2, -0.15) is 0 Å². The molecule has 0 radical (unpaired) electrons. The van der Waals surface area contributed by atoms with Gasteiger partial charge in [0.1, 0.15) is 12.2 Å². The van der Waals surface area contributed by atoms with E-state index in [-0.39, 0.29) is 11.7 Å². The third kappa shape index (κ3) is 4.97. The Morgan fingerprint density at radius 2 is 1.55 bits per heavy atom. The van der Waals surface area contributed by atoms with Crippen LogP contribution in [0, 0.1) is 11.8 Å². The first-order valence-corrected chi connectivity index (χ1v) is 8.76. The van der Waals surface area contributed by atoms with E-state index in [4.69, 9.17) is 10.5 Å². The van der Waals surface area contributed by atoms with Gasteiger partial charge in [-0.15, -0.1) is 0 Å². The molecule has 2 fully saturated rings. The maximum Gasteiger partial charge on any atom is 0.404 e. The lowest BCUT2D eigenvalue weighted by molar-refractivity contribution is -0.138. The van der Waals surface area contributed by atoms with E-state index in [1.54, 1.807) is 0 Å². The van der Waals surface area contributed by atoms with Crippen LogP contribution >= 0.6 is 0 Å². The number of hydrogen-bond donors (Lipinski definition) is 2. The largest absolute Gasteiger partial charge is 0.443 e. The van der Waals surface area contributed by atoms with Crippen molar-refractivity contribution in [3.8, 4) is 0 Å². The van der Waals surface area contributed by atoms with E-state index in [1.165, 1.54) is 19.3 Å². The summed E-state index contributed by atoms with van der Waals surface area (Å²) >= 11 is 0. The third-order valence-corrected chi connectivity index (χ3v) is 5.21. The number of nitrogens with two attached hydrogens (primary N) is 1. The molecule has 2 atom stereocenters. The van der Waals surface area contributed by atoms with Gasteiger partial charge in [0.2, 0.25) is 0 Å².